The van der Waals surface area contributed by atoms with Gasteiger partial charge in [0.15, 0.2) is 0 Å². The van der Waals surface area contributed by atoms with Crippen LogP contribution in [0, 0.1) is 0 Å². The summed E-state index contributed by atoms with van der Waals surface area (Å²) >= 11 is 0. The molecular formula is C19H41NSi. The van der Waals surface area contributed by atoms with Crippen LogP contribution in [0.5, 0.6) is 0 Å². The Hall–Kier alpha value is -0.0831. The summed E-state index contributed by atoms with van der Waals surface area (Å²) in [6, 6.07) is 1.58. The zero-order chi connectivity index (χ0) is 16.1. The van der Waals surface area contributed by atoms with Crippen LogP contribution < -0.4 is 5.73 Å². The molecule has 2 heteroatoms. The first kappa shape index (κ1) is 20.9. The SMILES string of the molecule is C=C(C[C@@H](N)CCCCCCCCCCC)C[Si](C)(C)C. The summed E-state index contributed by atoms with van der Waals surface area (Å²) in [7, 11) is -1.01. The summed E-state index contributed by atoms with van der Waals surface area (Å²) in [5, 5.41) is 0. The van der Waals surface area contributed by atoms with E-state index in [2.05, 4.69) is 33.1 Å². The second kappa shape index (κ2) is 12.5. The second-order valence-corrected chi connectivity index (χ2v) is 13.5. The molecule has 0 saturated heterocycles. The summed E-state index contributed by atoms with van der Waals surface area (Å²) in [6.07, 6.45) is 14.8. The molecule has 0 radical (unpaired) electrons. The molecule has 0 heterocycles. The monoisotopic (exact) mass is 311 g/mol. The highest BCUT2D eigenvalue weighted by Gasteiger charge is 2.15. The average molecular weight is 312 g/mol. The molecule has 0 unspecified atom stereocenters. The molecule has 0 aliphatic carbocycles. The quantitative estimate of drug-likeness (QED) is 0.220. The zero-order valence-corrected chi connectivity index (χ0v) is 16.3. The largest absolute Gasteiger partial charge is 0.327 e. The van der Waals surface area contributed by atoms with Gasteiger partial charge in [0.25, 0.3) is 0 Å². The van der Waals surface area contributed by atoms with Gasteiger partial charge in [-0.25, -0.2) is 0 Å². The number of hydrogen-bond donors (Lipinski definition) is 1. The minimum Gasteiger partial charge on any atom is -0.327 e. The van der Waals surface area contributed by atoms with Gasteiger partial charge < -0.3 is 5.73 Å². The normalized spacial score (nSPS) is 13.4. The van der Waals surface area contributed by atoms with Crippen molar-refractivity contribution in [2.75, 3.05) is 0 Å². The van der Waals surface area contributed by atoms with Gasteiger partial charge in [-0.3, -0.25) is 0 Å². The van der Waals surface area contributed by atoms with Crippen LogP contribution in [0.25, 0.3) is 0 Å². The summed E-state index contributed by atoms with van der Waals surface area (Å²) < 4.78 is 0. The molecule has 1 nitrogen and oxygen atoms in total. The molecule has 0 bridgehead atoms. The fourth-order valence-corrected chi connectivity index (χ4v) is 4.66. The maximum absolute atomic E-state index is 6.24. The topological polar surface area (TPSA) is 26.0 Å². The second-order valence-electron chi connectivity index (χ2n) is 8.07. The lowest BCUT2D eigenvalue weighted by Gasteiger charge is -2.20. The van der Waals surface area contributed by atoms with Gasteiger partial charge in [0.2, 0.25) is 0 Å². The molecular weight excluding hydrogens is 270 g/mol. The van der Waals surface area contributed by atoms with Gasteiger partial charge in [-0.05, 0) is 18.9 Å². The lowest BCUT2D eigenvalue weighted by Crippen LogP contribution is -2.24. The van der Waals surface area contributed by atoms with Crippen molar-refractivity contribution in [3.05, 3.63) is 12.2 Å². The van der Waals surface area contributed by atoms with Crippen LogP contribution in [0.15, 0.2) is 12.2 Å². The van der Waals surface area contributed by atoms with E-state index in [0.717, 1.165) is 6.42 Å². The number of unbranched alkanes of at least 4 members (excludes halogenated alkanes) is 8. The standard InChI is InChI=1S/C19H41NSi/c1-6-7-8-9-10-11-12-13-14-15-19(20)16-18(2)17-21(3,4)5/h19H,2,6-17,20H2,1,3-5H3/t19-/m0/s1. The van der Waals surface area contributed by atoms with Crippen LogP contribution in [-0.4, -0.2) is 14.1 Å². The Labute approximate surface area is 135 Å². The predicted molar refractivity (Wildman–Crippen MR) is 102 cm³/mol. The van der Waals surface area contributed by atoms with E-state index in [1.165, 1.54) is 75.8 Å². The first-order valence-electron chi connectivity index (χ1n) is 9.27. The van der Waals surface area contributed by atoms with E-state index in [1.807, 2.05) is 0 Å². The molecule has 1 atom stereocenters. The summed E-state index contributed by atoms with van der Waals surface area (Å²) in [4.78, 5) is 0. The molecule has 0 fully saturated rings. The van der Waals surface area contributed by atoms with Crippen molar-refractivity contribution in [1.82, 2.24) is 0 Å². The average Bonchev–Trinajstić information content (AvgIpc) is 2.34. The van der Waals surface area contributed by atoms with Crippen LogP contribution in [0.4, 0.5) is 0 Å². The van der Waals surface area contributed by atoms with Crippen molar-refractivity contribution >= 4 is 8.07 Å². The van der Waals surface area contributed by atoms with Crippen LogP contribution >= 0.6 is 0 Å². The molecule has 0 rings (SSSR count). The predicted octanol–water partition coefficient (Wildman–Crippen LogP) is 6.52. The van der Waals surface area contributed by atoms with Crippen LogP contribution in [0.3, 0.4) is 0 Å². The molecule has 0 aliphatic heterocycles. The summed E-state index contributed by atoms with van der Waals surface area (Å²) in [5.74, 6) is 0. The highest BCUT2D eigenvalue weighted by molar-refractivity contribution is 6.76. The molecule has 0 aromatic heterocycles. The van der Waals surface area contributed by atoms with Gasteiger partial charge in [-0.15, -0.1) is 6.58 Å². The van der Waals surface area contributed by atoms with Crippen molar-refractivity contribution in [1.29, 1.82) is 0 Å². The van der Waals surface area contributed by atoms with Gasteiger partial charge in [-0.2, -0.15) is 0 Å². The lowest BCUT2D eigenvalue weighted by atomic mass is 10.0. The molecule has 0 aliphatic rings. The molecule has 126 valence electrons. The third-order valence-corrected chi connectivity index (χ3v) is 5.57. The molecule has 2 N–H and O–H groups in total. The van der Waals surface area contributed by atoms with Gasteiger partial charge >= 0.3 is 0 Å². The van der Waals surface area contributed by atoms with Crippen LogP contribution in [0.2, 0.25) is 25.7 Å². The Morgan fingerprint density at radius 3 is 1.86 bits per heavy atom. The fraction of sp³-hybridized carbons (Fsp3) is 0.895. The van der Waals surface area contributed by atoms with E-state index in [1.54, 1.807) is 0 Å². The maximum atomic E-state index is 6.24. The highest BCUT2D eigenvalue weighted by atomic mass is 28.3. The van der Waals surface area contributed by atoms with E-state index in [4.69, 9.17) is 5.73 Å². The van der Waals surface area contributed by atoms with Crippen LogP contribution in [-0.2, 0) is 0 Å². The van der Waals surface area contributed by atoms with Crippen molar-refractivity contribution in [3.8, 4) is 0 Å². The van der Waals surface area contributed by atoms with E-state index in [-0.39, 0.29) is 0 Å². The Morgan fingerprint density at radius 1 is 0.905 bits per heavy atom. The highest BCUT2D eigenvalue weighted by Crippen LogP contribution is 2.20. The first-order chi connectivity index (χ1) is 9.85. The Morgan fingerprint density at radius 2 is 1.38 bits per heavy atom. The van der Waals surface area contributed by atoms with E-state index in [9.17, 15) is 0 Å². The molecule has 0 aromatic rings. The summed E-state index contributed by atoms with van der Waals surface area (Å²) in [6.45, 7) is 13.7. The van der Waals surface area contributed by atoms with Gasteiger partial charge in [0.05, 0.1) is 0 Å². The number of rotatable bonds is 14. The summed E-state index contributed by atoms with van der Waals surface area (Å²) in [5.41, 5.74) is 7.63. The number of nitrogens with two attached hydrogens (primary N) is 1. The van der Waals surface area contributed by atoms with Crippen molar-refractivity contribution in [2.24, 2.45) is 5.73 Å². The van der Waals surface area contributed by atoms with Gasteiger partial charge in [0.1, 0.15) is 0 Å². The minimum absolute atomic E-state index is 0.346. The Kier molecular flexibility index (Phi) is 12.4. The van der Waals surface area contributed by atoms with E-state index >= 15 is 0 Å². The van der Waals surface area contributed by atoms with E-state index < -0.39 is 8.07 Å². The maximum Gasteiger partial charge on any atom is 0.0483 e. The van der Waals surface area contributed by atoms with Crippen molar-refractivity contribution in [2.45, 2.75) is 109 Å². The molecule has 0 aromatic carbocycles. The zero-order valence-electron chi connectivity index (χ0n) is 15.3. The lowest BCUT2D eigenvalue weighted by molar-refractivity contribution is 0.521. The number of hydrogen-bond acceptors (Lipinski definition) is 1. The molecule has 21 heavy (non-hydrogen) atoms. The third kappa shape index (κ3) is 16.1. The van der Waals surface area contributed by atoms with Crippen molar-refractivity contribution < 1.29 is 0 Å². The third-order valence-electron chi connectivity index (χ3n) is 4.01. The smallest absolute Gasteiger partial charge is 0.0483 e. The van der Waals surface area contributed by atoms with Gasteiger partial charge in [0, 0.05) is 14.1 Å². The van der Waals surface area contributed by atoms with Gasteiger partial charge in [-0.1, -0.05) is 89.9 Å². The Bertz CT molecular complexity index is 255. The fourth-order valence-electron chi connectivity index (χ4n) is 3.01. The first-order valence-corrected chi connectivity index (χ1v) is 13.0. The van der Waals surface area contributed by atoms with Crippen molar-refractivity contribution in [3.63, 3.8) is 0 Å². The minimum atomic E-state index is -1.01. The van der Waals surface area contributed by atoms with Crippen LogP contribution in [0.1, 0.15) is 77.6 Å². The molecule has 0 amide bonds. The molecule has 0 saturated carbocycles. The Balaban J connectivity index is 3.41. The molecule has 0 spiro atoms. The van der Waals surface area contributed by atoms with E-state index in [0.29, 0.717) is 6.04 Å².